The summed E-state index contributed by atoms with van der Waals surface area (Å²) in [6.07, 6.45) is 1.84. The van der Waals surface area contributed by atoms with Gasteiger partial charge < -0.3 is 9.88 Å². The highest BCUT2D eigenvalue weighted by Gasteiger charge is 2.15. The Bertz CT molecular complexity index is 1010. The lowest BCUT2D eigenvalue weighted by atomic mass is 10.2. The number of imidazole rings is 1. The van der Waals surface area contributed by atoms with Crippen LogP contribution in [0.25, 0.3) is 22.6 Å². The number of hydrogen-bond donors (Lipinski definition) is 1. The smallest absolute Gasteiger partial charge is 0.166 e. The Hall–Kier alpha value is -3.21. The van der Waals surface area contributed by atoms with E-state index in [1.165, 1.54) is 5.56 Å². The van der Waals surface area contributed by atoms with Crippen molar-refractivity contribution < 1.29 is 0 Å². The minimum atomic E-state index is 0.278. The number of hydrogen-bond acceptors (Lipinski definition) is 4. The molecule has 2 heterocycles. The van der Waals surface area contributed by atoms with E-state index in [2.05, 4.69) is 40.8 Å². The summed E-state index contributed by atoms with van der Waals surface area (Å²) in [5.74, 6) is 1.47. The van der Waals surface area contributed by atoms with Crippen LogP contribution in [0.15, 0.2) is 67.0 Å². The first-order valence-corrected chi connectivity index (χ1v) is 8.80. The number of benzene rings is 2. The zero-order valence-electron chi connectivity index (χ0n) is 14.9. The van der Waals surface area contributed by atoms with Crippen LogP contribution in [0.4, 0.5) is 5.82 Å². The van der Waals surface area contributed by atoms with Crippen LogP contribution in [-0.2, 0) is 6.54 Å². The molecule has 0 spiro atoms. The average Bonchev–Trinajstić information content (AvgIpc) is 3.12. The molecule has 1 N–H and O–H groups in total. The summed E-state index contributed by atoms with van der Waals surface area (Å²) in [6.45, 7) is 4.95. The van der Waals surface area contributed by atoms with Crippen molar-refractivity contribution in [3.8, 4) is 11.4 Å². The molecule has 0 saturated carbocycles. The lowest BCUT2D eigenvalue weighted by molar-refractivity contribution is 0.613. The molecule has 0 bridgehead atoms. The number of fused-ring (bicyclic) bond motifs is 1. The Kier molecular flexibility index (Phi) is 4.35. The van der Waals surface area contributed by atoms with Crippen LogP contribution >= 0.6 is 0 Å². The van der Waals surface area contributed by atoms with Crippen molar-refractivity contribution in [1.29, 1.82) is 0 Å². The number of rotatable bonds is 5. The molecule has 130 valence electrons. The van der Waals surface area contributed by atoms with Gasteiger partial charge in [0.15, 0.2) is 17.3 Å². The number of nitrogens with zero attached hydrogens (tertiary/aromatic N) is 4. The second kappa shape index (κ2) is 6.96. The van der Waals surface area contributed by atoms with Crippen LogP contribution in [0.5, 0.6) is 0 Å². The molecule has 4 rings (SSSR count). The second-order valence-electron chi connectivity index (χ2n) is 6.52. The Balaban J connectivity index is 1.79. The SMILES string of the molecule is CC(C)n1cnc2c(NCc3ccccc3)nc(-c3ccccc3)nc21. The van der Waals surface area contributed by atoms with Crippen LogP contribution in [-0.4, -0.2) is 19.5 Å². The van der Waals surface area contributed by atoms with E-state index >= 15 is 0 Å². The van der Waals surface area contributed by atoms with Gasteiger partial charge in [-0.15, -0.1) is 0 Å². The molecule has 0 atom stereocenters. The molecule has 2 aromatic heterocycles. The maximum atomic E-state index is 4.79. The van der Waals surface area contributed by atoms with Crippen molar-refractivity contribution in [1.82, 2.24) is 19.5 Å². The third-order valence-electron chi connectivity index (χ3n) is 4.31. The first kappa shape index (κ1) is 16.3. The van der Waals surface area contributed by atoms with Crippen LogP contribution < -0.4 is 5.32 Å². The zero-order chi connectivity index (χ0) is 17.9. The highest BCUT2D eigenvalue weighted by atomic mass is 15.2. The van der Waals surface area contributed by atoms with E-state index in [9.17, 15) is 0 Å². The molecule has 0 aliphatic rings. The molecule has 4 aromatic rings. The predicted octanol–water partition coefficient (Wildman–Crippen LogP) is 4.69. The van der Waals surface area contributed by atoms with Crippen LogP contribution in [0, 0.1) is 0 Å². The minimum Gasteiger partial charge on any atom is -0.364 e. The van der Waals surface area contributed by atoms with Gasteiger partial charge in [-0.1, -0.05) is 60.7 Å². The van der Waals surface area contributed by atoms with E-state index in [-0.39, 0.29) is 6.04 Å². The molecular weight excluding hydrogens is 322 g/mol. The Morgan fingerprint density at radius 1 is 0.923 bits per heavy atom. The van der Waals surface area contributed by atoms with Gasteiger partial charge in [-0.25, -0.2) is 15.0 Å². The van der Waals surface area contributed by atoms with Gasteiger partial charge in [0.1, 0.15) is 5.52 Å². The van der Waals surface area contributed by atoms with E-state index in [1.807, 2.05) is 54.9 Å². The molecule has 0 aliphatic heterocycles. The van der Waals surface area contributed by atoms with Gasteiger partial charge in [-0.3, -0.25) is 0 Å². The molecule has 5 heteroatoms. The van der Waals surface area contributed by atoms with Gasteiger partial charge in [0.25, 0.3) is 0 Å². The Morgan fingerprint density at radius 3 is 2.31 bits per heavy atom. The quantitative estimate of drug-likeness (QED) is 0.571. The van der Waals surface area contributed by atoms with E-state index in [0.717, 1.165) is 22.5 Å². The highest BCUT2D eigenvalue weighted by molar-refractivity contribution is 5.85. The zero-order valence-corrected chi connectivity index (χ0v) is 14.9. The van der Waals surface area contributed by atoms with Gasteiger partial charge >= 0.3 is 0 Å². The fourth-order valence-corrected chi connectivity index (χ4v) is 2.92. The third kappa shape index (κ3) is 3.16. The molecule has 0 radical (unpaired) electrons. The van der Waals surface area contributed by atoms with E-state index in [0.29, 0.717) is 12.4 Å². The molecule has 0 fully saturated rings. The molecule has 0 unspecified atom stereocenters. The molecule has 0 aliphatic carbocycles. The summed E-state index contributed by atoms with van der Waals surface area (Å²) in [4.78, 5) is 14.1. The van der Waals surface area contributed by atoms with Crippen molar-refractivity contribution in [2.45, 2.75) is 26.4 Å². The predicted molar refractivity (Wildman–Crippen MR) is 105 cm³/mol. The van der Waals surface area contributed by atoms with Gasteiger partial charge in [0, 0.05) is 18.2 Å². The van der Waals surface area contributed by atoms with Crippen molar-refractivity contribution in [2.24, 2.45) is 0 Å². The minimum absolute atomic E-state index is 0.278. The fraction of sp³-hybridized carbons (Fsp3) is 0.190. The largest absolute Gasteiger partial charge is 0.364 e. The number of anilines is 1. The first-order valence-electron chi connectivity index (χ1n) is 8.80. The van der Waals surface area contributed by atoms with Gasteiger partial charge in [0.05, 0.1) is 6.33 Å². The molecule has 2 aromatic carbocycles. The second-order valence-corrected chi connectivity index (χ2v) is 6.52. The normalized spacial score (nSPS) is 11.2. The van der Waals surface area contributed by atoms with E-state index in [4.69, 9.17) is 9.97 Å². The standard InChI is InChI=1S/C21H21N5/c1-15(2)26-14-23-18-20(22-13-16-9-5-3-6-10-16)24-19(25-21(18)26)17-11-7-4-8-12-17/h3-12,14-15H,13H2,1-2H3,(H,22,24,25). The highest BCUT2D eigenvalue weighted by Crippen LogP contribution is 2.26. The lowest BCUT2D eigenvalue weighted by Crippen LogP contribution is -2.06. The average molecular weight is 343 g/mol. The maximum absolute atomic E-state index is 4.79. The van der Waals surface area contributed by atoms with E-state index in [1.54, 1.807) is 0 Å². The molecule has 0 amide bonds. The molecule has 0 saturated heterocycles. The summed E-state index contributed by atoms with van der Waals surface area (Å²) < 4.78 is 2.08. The number of aromatic nitrogens is 4. The van der Waals surface area contributed by atoms with Crippen molar-refractivity contribution >= 4 is 17.0 Å². The van der Waals surface area contributed by atoms with Crippen LogP contribution in [0.2, 0.25) is 0 Å². The number of nitrogens with one attached hydrogen (secondary N) is 1. The molecule has 26 heavy (non-hydrogen) atoms. The van der Waals surface area contributed by atoms with Gasteiger partial charge in [-0.05, 0) is 19.4 Å². The topological polar surface area (TPSA) is 55.6 Å². The van der Waals surface area contributed by atoms with Crippen LogP contribution in [0.1, 0.15) is 25.5 Å². The monoisotopic (exact) mass is 343 g/mol. The molecule has 5 nitrogen and oxygen atoms in total. The third-order valence-corrected chi connectivity index (χ3v) is 4.31. The summed E-state index contributed by atoms with van der Waals surface area (Å²) >= 11 is 0. The summed E-state index contributed by atoms with van der Waals surface area (Å²) in [5.41, 5.74) is 3.84. The maximum Gasteiger partial charge on any atom is 0.166 e. The van der Waals surface area contributed by atoms with Gasteiger partial charge in [-0.2, -0.15) is 0 Å². The first-order chi connectivity index (χ1) is 12.7. The lowest BCUT2D eigenvalue weighted by Gasteiger charge is -2.11. The van der Waals surface area contributed by atoms with Crippen molar-refractivity contribution in [2.75, 3.05) is 5.32 Å². The fourth-order valence-electron chi connectivity index (χ4n) is 2.92. The summed E-state index contributed by atoms with van der Waals surface area (Å²) in [6, 6.07) is 20.6. The Labute approximate surface area is 152 Å². The summed E-state index contributed by atoms with van der Waals surface area (Å²) in [5, 5.41) is 3.44. The summed E-state index contributed by atoms with van der Waals surface area (Å²) in [7, 11) is 0. The van der Waals surface area contributed by atoms with Gasteiger partial charge in [0.2, 0.25) is 0 Å². The van der Waals surface area contributed by atoms with Crippen LogP contribution in [0.3, 0.4) is 0 Å². The Morgan fingerprint density at radius 2 is 1.62 bits per heavy atom. The molecular formula is C21H21N5. The van der Waals surface area contributed by atoms with E-state index < -0.39 is 0 Å². The van der Waals surface area contributed by atoms with Crippen molar-refractivity contribution in [3.05, 3.63) is 72.6 Å². The van der Waals surface area contributed by atoms with Crippen molar-refractivity contribution in [3.63, 3.8) is 0 Å².